The Hall–Kier alpha value is -2.21. The molecule has 2 aromatic rings. The van der Waals surface area contributed by atoms with Crippen LogP contribution < -0.4 is 10.2 Å². The maximum atomic E-state index is 13.5. The van der Waals surface area contributed by atoms with E-state index in [4.69, 9.17) is 11.6 Å². The number of amides is 1. The lowest BCUT2D eigenvalue weighted by atomic mass is 10.2. The molecule has 1 N–H and O–H groups in total. The Morgan fingerprint density at radius 1 is 1.41 bits per heavy atom. The second-order valence-corrected chi connectivity index (χ2v) is 5.50. The summed E-state index contributed by atoms with van der Waals surface area (Å²) in [6.07, 6.45) is 5.21. The summed E-state index contributed by atoms with van der Waals surface area (Å²) in [6, 6.07) is 4.72. The molecule has 1 aromatic carbocycles. The van der Waals surface area contributed by atoms with Crippen molar-refractivity contribution in [3.8, 4) is 0 Å². The van der Waals surface area contributed by atoms with Gasteiger partial charge in [0.05, 0.1) is 11.2 Å². The lowest BCUT2D eigenvalue weighted by Gasteiger charge is -2.19. The predicted molar refractivity (Wildman–Crippen MR) is 81.5 cm³/mol. The van der Waals surface area contributed by atoms with E-state index in [1.54, 1.807) is 6.07 Å². The molecule has 1 aliphatic rings. The van der Waals surface area contributed by atoms with Crippen LogP contribution in [0.3, 0.4) is 0 Å². The van der Waals surface area contributed by atoms with Crippen LogP contribution in [0, 0.1) is 5.82 Å². The van der Waals surface area contributed by atoms with Crippen molar-refractivity contribution in [2.24, 2.45) is 0 Å². The largest absolute Gasteiger partial charge is 0.369 e. The van der Waals surface area contributed by atoms with E-state index in [9.17, 15) is 9.18 Å². The Morgan fingerprint density at radius 2 is 2.27 bits per heavy atom. The molecule has 0 radical (unpaired) electrons. The Balaban J connectivity index is 1.62. The topological polar surface area (TPSA) is 58.1 Å². The number of anilines is 1. The average molecular weight is 321 g/mol. The summed E-state index contributed by atoms with van der Waals surface area (Å²) in [4.78, 5) is 21.9. The molecular formula is C15H14ClFN4O. The van der Waals surface area contributed by atoms with Crippen molar-refractivity contribution in [1.82, 2.24) is 15.3 Å². The van der Waals surface area contributed by atoms with E-state index in [1.807, 2.05) is 4.90 Å². The molecule has 0 aliphatic carbocycles. The van der Waals surface area contributed by atoms with Crippen LogP contribution in [0.5, 0.6) is 0 Å². The summed E-state index contributed by atoms with van der Waals surface area (Å²) in [6.45, 7) is 1.36. The van der Waals surface area contributed by atoms with Gasteiger partial charge in [0.25, 0.3) is 5.91 Å². The fourth-order valence-corrected chi connectivity index (χ4v) is 2.59. The third-order valence-corrected chi connectivity index (χ3v) is 3.89. The first-order valence-corrected chi connectivity index (χ1v) is 7.28. The zero-order valence-corrected chi connectivity index (χ0v) is 12.4. The van der Waals surface area contributed by atoms with Crippen LogP contribution in [-0.2, 0) is 0 Å². The van der Waals surface area contributed by atoms with Crippen molar-refractivity contribution in [3.05, 3.63) is 53.3 Å². The van der Waals surface area contributed by atoms with Crippen LogP contribution in [0.25, 0.3) is 0 Å². The average Bonchev–Trinajstić information content (AvgIpc) is 2.99. The first-order chi connectivity index (χ1) is 10.6. The van der Waals surface area contributed by atoms with Crippen LogP contribution in [0.4, 0.5) is 10.1 Å². The Labute approximate surface area is 132 Å². The van der Waals surface area contributed by atoms with Gasteiger partial charge in [0.2, 0.25) is 0 Å². The lowest BCUT2D eigenvalue weighted by molar-refractivity contribution is 0.0935. The molecular weight excluding hydrogens is 307 g/mol. The number of carbonyl (C=O) groups is 1. The van der Waals surface area contributed by atoms with E-state index < -0.39 is 5.82 Å². The van der Waals surface area contributed by atoms with Crippen molar-refractivity contribution in [3.63, 3.8) is 0 Å². The van der Waals surface area contributed by atoms with Gasteiger partial charge in [-0.25, -0.2) is 9.37 Å². The molecule has 1 amide bonds. The molecule has 0 spiro atoms. The van der Waals surface area contributed by atoms with Gasteiger partial charge in [-0.1, -0.05) is 11.6 Å². The number of rotatable bonds is 3. The monoisotopic (exact) mass is 320 g/mol. The Morgan fingerprint density at radius 3 is 3.00 bits per heavy atom. The van der Waals surface area contributed by atoms with E-state index in [0.29, 0.717) is 12.2 Å². The normalized spacial score (nSPS) is 17.5. The molecule has 1 saturated heterocycles. The second-order valence-electron chi connectivity index (χ2n) is 5.09. The minimum atomic E-state index is -0.439. The summed E-state index contributed by atoms with van der Waals surface area (Å²) in [5.41, 5.74) is 1.05. The van der Waals surface area contributed by atoms with E-state index in [0.717, 1.165) is 18.7 Å². The minimum Gasteiger partial charge on any atom is -0.369 e. The van der Waals surface area contributed by atoms with Crippen LogP contribution in [0.15, 0.2) is 36.8 Å². The maximum Gasteiger partial charge on any atom is 0.271 e. The van der Waals surface area contributed by atoms with E-state index in [-0.39, 0.29) is 17.0 Å². The van der Waals surface area contributed by atoms with Gasteiger partial charge in [-0.05, 0) is 24.6 Å². The summed E-state index contributed by atoms with van der Waals surface area (Å²) in [7, 11) is 0. The zero-order chi connectivity index (χ0) is 15.5. The third kappa shape index (κ3) is 3.17. The Bertz CT molecular complexity index is 682. The molecule has 114 valence electrons. The minimum absolute atomic E-state index is 0.00625. The van der Waals surface area contributed by atoms with Crippen molar-refractivity contribution in [2.75, 3.05) is 18.0 Å². The van der Waals surface area contributed by atoms with Crippen LogP contribution in [0.2, 0.25) is 5.02 Å². The summed E-state index contributed by atoms with van der Waals surface area (Å²) < 4.78 is 13.5. The van der Waals surface area contributed by atoms with Crippen LogP contribution >= 0.6 is 11.6 Å². The van der Waals surface area contributed by atoms with Gasteiger partial charge < -0.3 is 10.2 Å². The van der Waals surface area contributed by atoms with Gasteiger partial charge >= 0.3 is 0 Å². The number of benzene rings is 1. The van der Waals surface area contributed by atoms with Gasteiger partial charge in [-0.3, -0.25) is 9.78 Å². The number of carbonyl (C=O) groups excluding carboxylic acids is 1. The van der Waals surface area contributed by atoms with Gasteiger partial charge in [-0.15, -0.1) is 0 Å². The van der Waals surface area contributed by atoms with Gasteiger partial charge in [0.15, 0.2) is 0 Å². The first kappa shape index (κ1) is 14.7. The molecule has 5 nitrogen and oxygen atoms in total. The van der Waals surface area contributed by atoms with E-state index in [1.165, 1.54) is 30.7 Å². The number of aromatic nitrogens is 2. The van der Waals surface area contributed by atoms with Crippen LogP contribution in [-0.4, -0.2) is 35.0 Å². The smallest absolute Gasteiger partial charge is 0.271 e. The molecule has 0 saturated carbocycles. The fourth-order valence-electron chi connectivity index (χ4n) is 2.47. The molecule has 1 aromatic heterocycles. The van der Waals surface area contributed by atoms with Crippen LogP contribution in [0.1, 0.15) is 16.9 Å². The number of nitrogens with zero attached hydrogens (tertiary/aromatic N) is 3. The SMILES string of the molecule is O=C(NC1CCN(c2ccc(Cl)c(F)c2)C1)c1cnccn1. The van der Waals surface area contributed by atoms with Crippen molar-refractivity contribution in [1.29, 1.82) is 0 Å². The van der Waals surface area contributed by atoms with Gasteiger partial charge in [-0.2, -0.15) is 0 Å². The molecule has 1 aliphatic heterocycles. The highest BCUT2D eigenvalue weighted by atomic mass is 35.5. The predicted octanol–water partition coefficient (Wildman–Crippen LogP) is 2.28. The van der Waals surface area contributed by atoms with E-state index in [2.05, 4.69) is 15.3 Å². The van der Waals surface area contributed by atoms with Crippen molar-refractivity contribution < 1.29 is 9.18 Å². The van der Waals surface area contributed by atoms with E-state index >= 15 is 0 Å². The molecule has 3 rings (SSSR count). The number of nitrogens with one attached hydrogen (secondary N) is 1. The van der Waals surface area contributed by atoms with Gasteiger partial charge in [0, 0.05) is 37.2 Å². The third-order valence-electron chi connectivity index (χ3n) is 3.59. The summed E-state index contributed by atoms with van der Waals surface area (Å²) in [5.74, 6) is -0.687. The first-order valence-electron chi connectivity index (χ1n) is 6.90. The molecule has 1 atom stereocenters. The summed E-state index contributed by atoms with van der Waals surface area (Å²) >= 11 is 5.69. The molecule has 0 bridgehead atoms. The highest BCUT2D eigenvalue weighted by Gasteiger charge is 2.25. The summed E-state index contributed by atoms with van der Waals surface area (Å²) in [5, 5.41) is 3.02. The quantitative estimate of drug-likeness (QED) is 0.942. The number of hydrogen-bond acceptors (Lipinski definition) is 4. The zero-order valence-electron chi connectivity index (χ0n) is 11.7. The Kier molecular flexibility index (Phi) is 4.20. The fraction of sp³-hybridized carbons (Fsp3) is 0.267. The second kappa shape index (κ2) is 6.27. The molecule has 7 heteroatoms. The molecule has 2 heterocycles. The number of halogens is 2. The highest BCUT2D eigenvalue weighted by molar-refractivity contribution is 6.30. The van der Waals surface area contributed by atoms with Crippen molar-refractivity contribution >= 4 is 23.2 Å². The lowest BCUT2D eigenvalue weighted by Crippen LogP contribution is -2.37. The molecule has 22 heavy (non-hydrogen) atoms. The van der Waals surface area contributed by atoms with Crippen molar-refractivity contribution in [2.45, 2.75) is 12.5 Å². The standard InChI is InChI=1S/C15H14ClFN4O/c16-12-2-1-11(7-13(12)17)21-6-3-10(9-21)20-15(22)14-8-18-4-5-19-14/h1-2,4-5,7-8,10H,3,6,9H2,(H,20,22). The molecule has 1 unspecified atom stereocenters. The molecule has 1 fully saturated rings. The number of hydrogen-bond donors (Lipinski definition) is 1. The highest BCUT2D eigenvalue weighted by Crippen LogP contribution is 2.25. The maximum absolute atomic E-state index is 13.5. The van der Waals surface area contributed by atoms with Gasteiger partial charge in [0.1, 0.15) is 11.5 Å².